The molecule has 0 bridgehead atoms. The lowest BCUT2D eigenvalue weighted by Gasteiger charge is -2.14. The number of rotatable bonds is 5. The van der Waals surface area contributed by atoms with E-state index >= 15 is 0 Å². The van der Waals surface area contributed by atoms with Crippen molar-refractivity contribution in [2.24, 2.45) is 0 Å². The van der Waals surface area contributed by atoms with Crippen molar-refractivity contribution in [3.05, 3.63) is 93.2 Å². The van der Waals surface area contributed by atoms with Crippen molar-refractivity contribution >= 4 is 22.6 Å². The van der Waals surface area contributed by atoms with Crippen LogP contribution < -0.4 is 16.6 Å². The molecule has 4 rings (SSSR count). The summed E-state index contributed by atoms with van der Waals surface area (Å²) in [4.78, 5) is 42.6. The number of amides is 1. The molecule has 0 aliphatic heterocycles. The number of aryl methyl sites for hydroxylation is 1. The number of pyridine rings is 1. The summed E-state index contributed by atoms with van der Waals surface area (Å²) in [5.41, 5.74) is 0.851. The predicted octanol–water partition coefficient (Wildman–Crippen LogP) is 2.15. The highest BCUT2D eigenvalue weighted by Gasteiger charge is 2.17. The Kier molecular flexibility index (Phi) is 4.82. The molecule has 0 aliphatic carbocycles. The molecule has 0 saturated carbocycles. The molecule has 0 atom stereocenters. The molecule has 0 aliphatic rings. The summed E-state index contributed by atoms with van der Waals surface area (Å²) in [5.74, 6) is 0.0742. The van der Waals surface area contributed by atoms with Gasteiger partial charge in [-0.25, -0.2) is 9.78 Å². The first kappa shape index (κ1) is 18.4. The fourth-order valence-corrected chi connectivity index (χ4v) is 3.14. The first-order chi connectivity index (χ1) is 14.0. The molecule has 8 heteroatoms. The summed E-state index contributed by atoms with van der Waals surface area (Å²) in [7, 11) is 0. The van der Waals surface area contributed by atoms with Crippen LogP contribution >= 0.6 is 0 Å². The van der Waals surface area contributed by atoms with E-state index in [1.165, 1.54) is 17.0 Å². The quantitative estimate of drug-likeness (QED) is 0.563. The zero-order chi connectivity index (χ0) is 20.4. The van der Waals surface area contributed by atoms with Crippen LogP contribution in [0.4, 0.5) is 5.69 Å². The van der Waals surface area contributed by atoms with Gasteiger partial charge in [0.1, 0.15) is 12.3 Å². The molecule has 1 N–H and O–H groups in total. The van der Waals surface area contributed by atoms with E-state index in [0.29, 0.717) is 17.0 Å². The average Bonchev–Trinajstić information content (AvgIpc) is 3.23. The third kappa shape index (κ3) is 3.60. The average molecular weight is 390 g/mol. The standard InChI is InChI=1S/C21H18N4O4/c1-14-6-2-3-8-16(14)23-18(26)13-24-17-9-4-10-22-19(17)20(27)25(21(24)28)12-15-7-5-11-29-15/h2-11H,12-13H2,1H3,(H,23,26). The highest BCUT2D eigenvalue weighted by atomic mass is 16.3. The van der Waals surface area contributed by atoms with E-state index < -0.39 is 11.2 Å². The number of nitrogens with zero attached hydrogens (tertiary/aromatic N) is 3. The third-order valence-electron chi connectivity index (χ3n) is 4.60. The molecule has 1 aromatic carbocycles. The molecule has 0 spiro atoms. The normalized spacial score (nSPS) is 10.9. The van der Waals surface area contributed by atoms with Crippen LogP contribution in [-0.4, -0.2) is 20.0 Å². The van der Waals surface area contributed by atoms with E-state index in [4.69, 9.17) is 4.42 Å². The second-order valence-corrected chi connectivity index (χ2v) is 6.57. The largest absolute Gasteiger partial charge is 0.467 e. The first-order valence-corrected chi connectivity index (χ1v) is 9.01. The van der Waals surface area contributed by atoms with Gasteiger partial charge in [-0.2, -0.15) is 0 Å². The number of benzene rings is 1. The van der Waals surface area contributed by atoms with E-state index in [1.807, 2.05) is 25.1 Å². The Hall–Kier alpha value is -3.94. The maximum atomic E-state index is 13.1. The Bertz CT molecular complexity index is 1300. The molecular weight excluding hydrogens is 372 g/mol. The summed E-state index contributed by atoms with van der Waals surface area (Å²) in [5, 5.41) is 2.81. The summed E-state index contributed by atoms with van der Waals surface area (Å²) in [6, 6.07) is 13.9. The minimum atomic E-state index is -0.605. The number of para-hydroxylation sites is 1. The molecule has 0 saturated heterocycles. The fraction of sp³-hybridized carbons (Fsp3) is 0.143. The van der Waals surface area contributed by atoms with E-state index in [-0.39, 0.29) is 24.5 Å². The van der Waals surface area contributed by atoms with Gasteiger partial charge in [-0.05, 0) is 42.8 Å². The highest BCUT2D eigenvalue weighted by molar-refractivity contribution is 5.92. The van der Waals surface area contributed by atoms with Gasteiger partial charge in [0.15, 0.2) is 5.52 Å². The molecule has 0 radical (unpaired) electrons. The minimum Gasteiger partial charge on any atom is -0.467 e. The highest BCUT2D eigenvalue weighted by Crippen LogP contribution is 2.13. The second-order valence-electron chi connectivity index (χ2n) is 6.57. The monoisotopic (exact) mass is 390 g/mol. The summed E-state index contributed by atoms with van der Waals surface area (Å²) in [6.45, 7) is 1.58. The Balaban J connectivity index is 1.77. The number of nitrogens with one attached hydrogen (secondary N) is 1. The number of carbonyl (C=O) groups excluding carboxylic acids is 1. The molecule has 1 amide bonds. The lowest BCUT2D eigenvalue weighted by molar-refractivity contribution is -0.116. The Morgan fingerprint density at radius 2 is 1.90 bits per heavy atom. The van der Waals surface area contributed by atoms with Crippen molar-refractivity contribution in [1.82, 2.24) is 14.1 Å². The maximum Gasteiger partial charge on any atom is 0.332 e. The SMILES string of the molecule is Cc1ccccc1NC(=O)Cn1c(=O)n(Cc2ccco2)c(=O)c2ncccc21. The van der Waals surface area contributed by atoms with Crippen LogP contribution in [0.25, 0.3) is 11.0 Å². The number of hydrogen-bond acceptors (Lipinski definition) is 5. The van der Waals surface area contributed by atoms with Crippen molar-refractivity contribution in [2.45, 2.75) is 20.0 Å². The fourth-order valence-electron chi connectivity index (χ4n) is 3.14. The lowest BCUT2D eigenvalue weighted by atomic mass is 10.2. The van der Waals surface area contributed by atoms with Crippen LogP contribution in [0.5, 0.6) is 0 Å². The minimum absolute atomic E-state index is 0.0450. The second kappa shape index (κ2) is 7.59. The lowest BCUT2D eigenvalue weighted by Crippen LogP contribution is -2.42. The molecule has 3 heterocycles. The van der Waals surface area contributed by atoms with Gasteiger partial charge in [0.25, 0.3) is 5.56 Å². The van der Waals surface area contributed by atoms with Gasteiger partial charge in [-0.1, -0.05) is 18.2 Å². The number of carbonyl (C=O) groups is 1. The molecule has 0 fully saturated rings. The van der Waals surface area contributed by atoms with Crippen molar-refractivity contribution in [3.63, 3.8) is 0 Å². The Labute approximate surface area is 165 Å². The maximum absolute atomic E-state index is 13.1. The van der Waals surface area contributed by atoms with Crippen LogP contribution in [0.2, 0.25) is 0 Å². The predicted molar refractivity (Wildman–Crippen MR) is 108 cm³/mol. The van der Waals surface area contributed by atoms with Gasteiger partial charge in [-0.15, -0.1) is 0 Å². The van der Waals surface area contributed by atoms with Crippen LogP contribution in [-0.2, 0) is 17.9 Å². The molecule has 8 nitrogen and oxygen atoms in total. The Morgan fingerprint density at radius 1 is 1.07 bits per heavy atom. The molecule has 3 aromatic heterocycles. The van der Waals surface area contributed by atoms with E-state index in [0.717, 1.165) is 10.1 Å². The van der Waals surface area contributed by atoms with Gasteiger partial charge in [-0.3, -0.25) is 18.7 Å². The van der Waals surface area contributed by atoms with Crippen molar-refractivity contribution < 1.29 is 9.21 Å². The van der Waals surface area contributed by atoms with Crippen LogP contribution in [0.3, 0.4) is 0 Å². The van der Waals surface area contributed by atoms with Gasteiger partial charge in [0, 0.05) is 11.9 Å². The van der Waals surface area contributed by atoms with E-state index in [9.17, 15) is 14.4 Å². The van der Waals surface area contributed by atoms with Crippen molar-refractivity contribution in [2.75, 3.05) is 5.32 Å². The summed E-state index contributed by atoms with van der Waals surface area (Å²) in [6.07, 6.45) is 2.94. The molecule has 29 heavy (non-hydrogen) atoms. The van der Waals surface area contributed by atoms with Gasteiger partial charge in [0.05, 0.1) is 18.3 Å². The number of fused-ring (bicyclic) bond motifs is 1. The van der Waals surface area contributed by atoms with Gasteiger partial charge in [0.2, 0.25) is 5.91 Å². The van der Waals surface area contributed by atoms with Crippen LogP contribution in [0.1, 0.15) is 11.3 Å². The Morgan fingerprint density at radius 3 is 2.66 bits per heavy atom. The van der Waals surface area contributed by atoms with Crippen LogP contribution in [0, 0.1) is 6.92 Å². The van der Waals surface area contributed by atoms with Crippen molar-refractivity contribution in [1.29, 1.82) is 0 Å². The van der Waals surface area contributed by atoms with Gasteiger partial charge >= 0.3 is 5.69 Å². The number of aromatic nitrogens is 3. The smallest absolute Gasteiger partial charge is 0.332 e. The zero-order valence-corrected chi connectivity index (χ0v) is 15.7. The molecular formula is C21H18N4O4. The van der Waals surface area contributed by atoms with E-state index in [1.54, 1.807) is 30.3 Å². The molecule has 146 valence electrons. The first-order valence-electron chi connectivity index (χ1n) is 9.01. The summed E-state index contributed by atoms with van der Waals surface area (Å²) < 4.78 is 7.54. The molecule has 4 aromatic rings. The number of furan rings is 1. The topological polar surface area (TPSA) is 99.1 Å². The van der Waals surface area contributed by atoms with Crippen molar-refractivity contribution in [3.8, 4) is 0 Å². The van der Waals surface area contributed by atoms with Crippen LogP contribution in [0.15, 0.2) is 75.0 Å². The third-order valence-corrected chi connectivity index (χ3v) is 4.60. The number of anilines is 1. The zero-order valence-electron chi connectivity index (χ0n) is 15.7. The van der Waals surface area contributed by atoms with Gasteiger partial charge < -0.3 is 9.73 Å². The molecule has 0 unspecified atom stereocenters. The van der Waals surface area contributed by atoms with E-state index in [2.05, 4.69) is 10.3 Å². The number of hydrogen-bond donors (Lipinski definition) is 1. The summed E-state index contributed by atoms with van der Waals surface area (Å²) >= 11 is 0.